The third-order valence-corrected chi connectivity index (χ3v) is 6.78. The predicted octanol–water partition coefficient (Wildman–Crippen LogP) is 4.62. The molecule has 1 aromatic rings. The molecule has 1 atom stereocenters. The molecule has 2 rings (SSSR count). The van der Waals surface area contributed by atoms with Crippen molar-refractivity contribution in [2.75, 3.05) is 26.2 Å². The number of hydrogen-bond acceptors (Lipinski definition) is 2. The van der Waals surface area contributed by atoms with Crippen LogP contribution in [0.25, 0.3) is 0 Å². The first-order chi connectivity index (χ1) is 10.4. The van der Waals surface area contributed by atoms with Crippen LogP contribution in [-0.4, -0.2) is 35.5 Å². The standard InChI is InChI=1S/C18H31N2P/c1-3-5-14-19(15-6-4-2)21(20-16-10-11-17-20)18-12-8-7-9-13-18/h7-9,12-13H,3-6,10-11,14-17H2,1-2H3. The molecule has 1 unspecified atom stereocenters. The van der Waals surface area contributed by atoms with Crippen LogP contribution in [0.15, 0.2) is 30.3 Å². The van der Waals surface area contributed by atoms with Crippen LogP contribution < -0.4 is 5.30 Å². The molecular formula is C18H31N2P. The molecule has 1 aromatic carbocycles. The van der Waals surface area contributed by atoms with E-state index in [9.17, 15) is 0 Å². The summed E-state index contributed by atoms with van der Waals surface area (Å²) in [6.07, 6.45) is 7.98. The van der Waals surface area contributed by atoms with Gasteiger partial charge in [0.25, 0.3) is 0 Å². The van der Waals surface area contributed by atoms with Crippen molar-refractivity contribution in [3.05, 3.63) is 30.3 Å². The first-order valence-electron chi connectivity index (χ1n) is 8.71. The Morgan fingerprint density at radius 2 is 1.52 bits per heavy atom. The molecule has 1 saturated heterocycles. The summed E-state index contributed by atoms with van der Waals surface area (Å²) < 4.78 is 5.55. The summed E-state index contributed by atoms with van der Waals surface area (Å²) in [5, 5.41) is 1.54. The van der Waals surface area contributed by atoms with Crippen LogP contribution in [0.1, 0.15) is 52.4 Å². The van der Waals surface area contributed by atoms with E-state index in [0.717, 1.165) is 0 Å². The minimum atomic E-state index is -0.277. The molecule has 1 fully saturated rings. The normalized spacial score (nSPS) is 17.5. The van der Waals surface area contributed by atoms with Crippen molar-refractivity contribution in [3.8, 4) is 0 Å². The lowest BCUT2D eigenvalue weighted by molar-refractivity contribution is 0.401. The maximum absolute atomic E-state index is 2.79. The third kappa shape index (κ3) is 5.06. The van der Waals surface area contributed by atoms with Crippen LogP contribution in [0.5, 0.6) is 0 Å². The Hall–Kier alpha value is -0.430. The van der Waals surface area contributed by atoms with Crippen molar-refractivity contribution in [1.82, 2.24) is 9.34 Å². The molecule has 0 saturated carbocycles. The van der Waals surface area contributed by atoms with Crippen molar-refractivity contribution in [1.29, 1.82) is 0 Å². The maximum Gasteiger partial charge on any atom is 0.0724 e. The van der Waals surface area contributed by atoms with E-state index in [2.05, 4.69) is 53.5 Å². The summed E-state index contributed by atoms with van der Waals surface area (Å²) in [4.78, 5) is 0. The first kappa shape index (κ1) is 16.9. The highest BCUT2D eigenvalue weighted by atomic mass is 31.1. The Morgan fingerprint density at radius 3 is 2.05 bits per heavy atom. The Kier molecular flexibility index (Phi) is 7.71. The van der Waals surface area contributed by atoms with Gasteiger partial charge in [-0.1, -0.05) is 57.0 Å². The van der Waals surface area contributed by atoms with Gasteiger partial charge in [0.1, 0.15) is 0 Å². The van der Waals surface area contributed by atoms with Gasteiger partial charge >= 0.3 is 0 Å². The molecule has 0 bridgehead atoms. The molecule has 1 heterocycles. The van der Waals surface area contributed by atoms with Gasteiger partial charge in [-0.3, -0.25) is 9.34 Å². The van der Waals surface area contributed by atoms with E-state index in [1.807, 2.05) is 0 Å². The van der Waals surface area contributed by atoms with Crippen LogP contribution >= 0.6 is 8.22 Å². The van der Waals surface area contributed by atoms with Gasteiger partial charge in [-0.05, 0) is 25.7 Å². The maximum atomic E-state index is 2.79. The SMILES string of the molecule is CCCCN(CCCC)P(c1ccccc1)N1CCCC1. The summed E-state index contributed by atoms with van der Waals surface area (Å²) in [7, 11) is -0.277. The van der Waals surface area contributed by atoms with Gasteiger partial charge in [0, 0.05) is 31.5 Å². The summed E-state index contributed by atoms with van der Waals surface area (Å²) >= 11 is 0. The van der Waals surface area contributed by atoms with E-state index in [0.29, 0.717) is 0 Å². The highest BCUT2D eigenvalue weighted by molar-refractivity contribution is 7.61. The fourth-order valence-corrected chi connectivity index (χ4v) is 5.71. The van der Waals surface area contributed by atoms with Gasteiger partial charge in [-0.15, -0.1) is 0 Å². The van der Waals surface area contributed by atoms with Gasteiger partial charge in [-0.25, -0.2) is 0 Å². The lowest BCUT2D eigenvalue weighted by atomic mass is 10.3. The average Bonchev–Trinajstić information content (AvgIpc) is 3.05. The van der Waals surface area contributed by atoms with Crippen molar-refractivity contribution in [3.63, 3.8) is 0 Å². The predicted molar refractivity (Wildman–Crippen MR) is 95.2 cm³/mol. The second-order valence-electron chi connectivity index (χ2n) is 5.95. The lowest BCUT2D eigenvalue weighted by Gasteiger charge is -2.37. The molecule has 3 heteroatoms. The zero-order chi connectivity index (χ0) is 14.9. The van der Waals surface area contributed by atoms with Crippen molar-refractivity contribution >= 4 is 13.5 Å². The molecule has 1 aliphatic heterocycles. The van der Waals surface area contributed by atoms with E-state index >= 15 is 0 Å². The highest BCUT2D eigenvalue weighted by Gasteiger charge is 2.28. The molecule has 0 spiro atoms. The average molecular weight is 306 g/mol. The Morgan fingerprint density at radius 1 is 0.952 bits per heavy atom. The molecule has 1 aliphatic rings. The quantitative estimate of drug-likeness (QED) is 0.614. The smallest absolute Gasteiger partial charge is 0.0724 e. The first-order valence-corrected chi connectivity index (χ1v) is 9.96. The lowest BCUT2D eigenvalue weighted by Crippen LogP contribution is -2.33. The van der Waals surface area contributed by atoms with E-state index in [1.54, 1.807) is 5.30 Å². The minimum absolute atomic E-state index is 0.277. The van der Waals surface area contributed by atoms with Gasteiger partial charge in [0.05, 0.1) is 8.22 Å². The molecular weight excluding hydrogens is 275 g/mol. The Bertz CT molecular complexity index is 368. The van der Waals surface area contributed by atoms with E-state index in [1.165, 1.54) is 64.7 Å². The number of hydrogen-bond donors (Lipinski definition) is 0. The second kappa shape index (κ2) is 9.56. The van der Waals surface area contributed by atoms with Gasteiger partial charge in [-0.2, -0.15) is 0 Å². The van der Waals surface area contributed by atoms with Crippen LogP contribution in [0, 0.1) is 0 Å². The third-order valence-electron chi connectivity index (χ3n) is 4.14. The van der Waals surface area contributed by atoms with Crippen molar-refractivity contribution < 1.29 is 0 Å². The zero-order valence-corrected chi connectivity index (χ0v) is 14.7. The number of rotatable bonds is 9. The Balaban J connectivity index is 2.17. The zero-order valence-electron chi connectivity index (χ0n) is 13.8. The summed E-state index contributed by atoms with van der Waals surface area (Å²) in [5.74, 6) is 0. The molecule has 0 aliphatic carbocycles. The number of nitrogens with zero attached hydrogens (tertiary/aromatic N) is 2. The van der Waals surface area contributed by atoms with Crippen molar-refractivity contribution in [2.24, 2.45) is 0 Å². The highest BCUT2D eigenvalue weighted by Crippen LogP contribution is 2.45. The monoisotopic (exact) mass is 306 g/mol. The fourth-order valence-electron chi connectivity index (χ4n) is 2.94. The Labute approximate surface area is 132 Å². The molecule has 0 N–H and O–H groups in total. The van der Waals surface area contributed by atoms with E-state index in [4.69, 9.17) is 0 Å². The molecule has 21 heavy (non-hydrogen) atoms. The topological polar surface area (TPSA) is 6.48 Å². The molecule has 2 nitrogen and oxygen atoms in total. The molecule has 0 aromatic heterocycles. The molecule has 0 radical (unpaired) electrons. The van der Waals surface area contributed by atoms with Crippen LogP contribution in [0.4, 0.5) is 0 Å². The van der Waals surface area contributed by atoms with Gasteiger partial charge < -0.3 is 0 Å². The molecule has 118 valence electrons. The minimum Gasteiger partial charge on any atom is -0.266 e. The summed E-state index contributed by atoms with van der Waals surface area (Å²) in [5.41, 5.74) is 0. The fraction of sp³-hybridized carbons (Fsp3) is 0.667. The summed E-state index contributed by atoms with van der Waals surface area (Å²) in [6.45, 7) is 9.70. The largest absolute Gasteiger partial charge is 0.266 e. The van der Waals surface area contributed by atoms with E-state index in [-0.39, 0.29) is 8.22 Å². The summed E-state index contributed by atoms with van der Waals surface area (Å²) in [6, 6.07) is 11.2. The number of benzene rings is 1. The van der Waals surface area contributed by atoms with Crippen LogP contribution in [-0.2, 0) is 0 Å². The molecule has 0 amide bonds. The second-order valence-corrected chi connectivity index (χ2v) is 8.17. The van der Waals surface area contributed by atoms with Crippen molar-refractivity contribution in [2.45, 2.75) is 52.4 Å². The van der Waals surface area contributed by atoms with Crippen LogP contribution in [0.3, 0.4) is 0 Å². The van der Waals surface area contributed by atoms with E-state index < -0.39 is 0 Å². The van der Waals surface area contributed by atoms with Crippen LogP contribution in [0.2, 0.25) is 0 Å². The number of unbranched alkanes of at least 4 members (excludes halogenated alkanes) is 2. The van der Waals surface area contributed by atoms with Gasteiger partial charge in [0.2, 0.25) is 0 Å². The van der Waals surface area contributed by atoms with Gasteiger partial charge in [0.15, 0.2) is 0 Å².